The van der Waals surface area contributed by atoms with Gasteiger partial charge in [-0.25, -0.2) is 9.78 Å². The first-order valence-electron chi connectivity index (χ1n) is 5.23. The third-order valence-electron chi connectivity index (χ3n) is 2.04. The van der Waals surface area contributed by atoms with Crippen molar-refractivity contribution in [1.82, 2.24) is 4.98 Å². The number of unbranched alkanes of at least 4 members (excludes halogenated alkanes) is 1. The molecule has 88 valence electrons. The molecule has 5 heteroatoms. The van der Waals surface area contributed by atoms with Crippen molar-refractivity contribution in [3.63, 3.8) is 0 Å². The normalized spacial score (nSPS) is 11.5. The van der Waals surface area contributed by atoms with Gasteiger partial charge in [0.1, 0.15) is 0 Å². The van der Waals surface area contributed by atoms with Crippen molar-refractivity contribution >= 4 is 28.0 Å². The molecule has 0 amide bonds. The molecule has 0 spiro atoms. The Balaban J connectivity index is 2.65. The number of carbonyl (C=O) groups is 1. The molecule has 1 aromatic rings. The summed E-state index contributed by atoms with van der Waals surface area (Å²) in [6.45, 7) is 4.28. The van der Waals surface area contributed by atoms with E-state index in [0.29, 0.717) is 23.0 Å². The highest BCUT2D eigenvalue weighted by Crippen LogP contribution is 2.20. The van der Waals surface area contributed by atoms with E-state index in [1.165, 1.54) is 11.3 Å². The Hall–Kier alpha value is -1.36. The minimum Gasteiger partial charge on any atom is -0.462 e. The van der Waals surface area contributed by atoms with E-state index in [0.717, 1.165) is 12.8 Å². The molecule has 0 aliphatic carbocycles. The number of aromatic nitrogens is 1. The van der Waals surface area contributed by atoms with Crippen LogP contribution in [-0.2, 0) is 9.53 Å². The molecule has 0 saturated carbocycles. The maximum absolute atomic E-state index is 11.7. The summed E-state index contributed by atoms with van der Waals surface area (Å²) >= 11 is 1.31. The van der Waals surface area contributed by atoms with E-state index in [2.05, 4.69) is 4.98 Å². The van der Waals surface area contributed by atoms with Crippen LogP contribution in [0.5, 0.6) is 0 Å². The highest BCUT2D eigenvalue weighted by atomic mass is 32.1. The first-order chi connectivity index (χ1) is 7.69. The molecule has 0 radical (unpaired) electrons. The van der Waals surface area contributed by atoms with Crippen LogP contribution in [0, 0.1) is 0 Å². The van der Waals surface area contributed by atoms with Crippen LogP contribution in [0.3, 0.4) is 0 Å². The number of carbonyl (C=O) groups excluding carboxylic acids is 1. The Kier molecular flexibility index (Phi) is 4.98. The molecule has 2 N–H and O–H groups in total. The van der Waals surface area contributed by atoms with Gasteiger partial charge in [0.05, 0.1) is 17.9 Å². The number of nitrogens with two attached hydrogens (primary N) is 1. The molecule has 0 aliphatic heterocycles. The average Bonchev–Trinajstić information content (AvgIpc) is 2.66. The van der Waals surface area contributed by atoms with Crippen LogP contribution in [0.15, 0.2) is 11.5 Å². The van der Waals surface area contributed by atoms with Gasteiger partial charge in [-0.3, -0.25) is 0 Å². The molecule has 1 rings (SSSR count). The number of hydrogen-bond donors (Lipinski definition) is 1. The van der Waals surface area contributed by atoms with E-state index in [9.17, 15) is 4.79 Å². The minimum atomic E-state index is -0.332. The lowest BCUT2D eigenvalue weighted by Crippen LogP contribution is -2.08. The second-order valence-corrected chi connectivity index (χ2v) is 4.15. The molecule has 0 fully saturated rings. The first kappa shape index (κ1) is 12.7. The van der Waals surface area contributed by atoms with Crippen molar-refractivity contribution in [2.75, 3.05) is 12.3 Å². The maximum atomic E-state index is 11.7. The summed E-state index contributed by atoms with van der Waals surface area (Å²) in [5, 5.41) is 2.21. The van der Waals surface area contributed by atoms with Crippen molar-refractivity contribution in [2.45, 2.75) is 26.7 Å². The van der Waals surface area contributed by atoms with Crippen LogP contribution in [0.4, 0.5) is 5.13 Å². The fourth-order valence-corrected chi connectivity index (χ4v) is 1.73. The third-order valence-corrected chi connectivity index (χ3v) is 2.71. The number of allylic oxidation sites excluding steroid dienone is 1. The third kappa shape index (κ3) is 3.34. The zero-order valence-electron chi connectivity index (χ0n) is 9.53. The molecular formula is C11H16N2O2S. The van der Waals surface area contributed by atoms with Crippen molar-refractivity contribution < 1.29 is 9.53 Å². The second-order valence-electron chi connectivity index (χ2n) is 3.26. The lowest BCUT2D eigenvalue weighted by atomic mass is 10.2. The minimum absolute atomic E-state index is 0.332. The summed E-state index contributed by atoms with van der Waals surface area (Å²) in [7, 11) is 0. The van der Waals surface area contributed by atoms with Gasteiger partial charge in [-0.15, -0.1) is 11.3 Å². The van der Waals surface area contributed by atoms with Crippen LogP contribution < -0.4 is 5.73 Å². The highest BCUT2D eigenvalue weighted by molar-refractivity contribution is 7.13. The molecule has 0 aromatic carbocycles. The Labute approximate surface area is 99.1 Å². The quantitative estimate of drug-likeness (QED) is 0.488. The van der Waals surface area contributed by atoms with Crippen molar-refractivity contribution in [3.05, 3.63) is 17.2 Å². The molecule has 0 unspecified atom stereocenters. The molecule has 1 heterocycles. The zero-order valence-corrected chi connectivity index (χ0v) is 10.3. The van der Waals surface area contributed by atoms with Gasteiger partial charge >= 0.3 is 5.97 Å². The van der Waals surface area contributed by atoms with Gasteiger partial charge in [0, 0.05) is 5.38 Å². The number of rotatable bonds is 5. The summed E-state index contributed by atoms with van der Waals surface area (Å²) in [4.78, 5) is 15.8. The maximum Gasteiger partial charge on any atom is 0.340 e. The Morgan fingerprint density at radius 2 is 2.44 bits per heavy atom. The molecule has 0 aliphatic rings. The monoisotopic (exact) mass is 240 g/mol. The number of anilines is 1. The predicted molar refractivity (Wildman–Crippen MR) is 66.0 cm³/mol. The van der Waals surface area contributed by atoms with Crippen molar-refractivity contribution in [2.24, 2.45) is 0 Å². The summed E-state index contributed by atoms with van der Waals surface area (Å²) in [6.07, 6.45) is 3.58. The molecular weight excluding hydrogens is 224 g/mol. The van der Waals surface area contributed by atoms with Gasteiger partial charge in [-0.1, -0.05) is 19.4 Å². The number of esters is 1. The van der Waals surface area contributed by atoms with Crippen molar-refractivity contribution in [1.29, 1.82) is 0 Å². The zero-order chi connectivity index (χ0) is 12.0. The van der Waals surface area contributed by atoms with Crippen molar-refractivity contribution in [3.8, 4) is 0 Å². The number of nitrogen functional groups attached to an aromatic ring is 1. The second kappa shape index (κ2) is 6.27. The van der Waals surface area contributed by atoms with Gasteiger partial charge in [-0.05, 0) is 13.3 Å². The van der Waals surface area contributed by atoms with Gasteiger partial charge in [0.15, 0.2) is 5.13 Å². The molecule has 1 aromatic heterocycles. The van der Waals surface area contributed by atoms with Gasteiger partial charge in [0.25, 0.3) is 0 Å². The summed E-state index contributed by atoms with van der Waals surface area (Å²) in [5.41, 5.74) is 6.59. The lowest BCUT2D eigenvalue weighted by Gasteiger charge is -2.05. The molecule has 0 bridgehead atoms. The fourth-order valence-electron chi connectivity index (χ4n) is 1.17. The van der Waals surface area contributed by atoms with Crippen LogP contribution in [0.25, 0.3) is 5.57 Å². The van der Waals surface area contributed by atoms with Crippen LogP contribution in [-0.4, -0.2) is 17.6 Å². The summed E-state index contributed by atoms with van der Waals surface area (Å²) < 4.78 is 5.12. The van der Waals surface area contributed by atoms with E-state index in [1.54, 1.807) is 18.4 Å². The Morgan fingerprint density at radius 1 is 1.69 bits per heavy atom. The highest BCUT2D eigenvalue weighted by Gasteiger charge is 2.15. The molecule has 4 nitrogen and oxygen atoms in total. The summed E-state index contributed by atoms with van der Waals surface area (Å²) in [6, 6.07) is 0. The van der Waals surface area contributed by atoms with Gasteiger partial charge < -0.3 is 10.5 Å². The number of thiazole rings is 1. The topological polar surface area (TPSA) is 65.2 Å². The lowest BCUT2D eigenvalue weighted by molar-refractivity contribution is -0.136. The Bertz CT molecular complexity index is 385. The molecule has 16 heavy (non-hydrogen) atoms. The SMILES string of the molecule is CC=C(C(=O)OCCCC)c1csc(N)n1. The Morgan fingerprint density at radius 3 is 2.94 bits per heavy atom. The predicted octanol–water partition coefficient (Wildman–Crippen LogP) is 2.47. The standard InChI is InChI=1S/C11H16N2O2S/c1-3-5-6-15-10(14)8(4-2)9-7-16-11(12)13-9/h4,7H,3,5-6H2,1-2H3,(H2,12,13). The largest absolute Gasteiger partial charge is 0.462 e. The average molecular weight is 240 g/mol. The number of hydrogen-bond acceptors (Lipinski definition) is 5. The number of nitrogens with zero attached hydrogens (tertiary/aromatic N) is 1. The van der Waals surface area contributed by atoms with Crippen LogP contribution >= 0.6 is 11.3 Å². The van der Waals surface area contributed by atoms with Crippen LogP contribution in [0.1, 0.15) is 32.4 Å². The van der Waals surface area contributed by atoms with Crippen LogP contribution in [0.2, 0.25) is 0 Å². The van der Waals surface area contributed by atoms with E-state index < -0.39 is 0 Å². The van der Waals surface area contributed by atoms with Gasteiger partial charge in [-0.2, -0.15) is 0 Å². The summed E-state index contributed by atoms with van der Waals surface area (Å²) in [5.74, 6) is -0.332. The van der Waals surface area contributed by atoms with Gasteiger partial charge in [0.2, 0.25) is 0 Å². The molecule has 0 atom stereocenters. The van der Waals surface area contributed by atoms with E-state index in [1.807, 2.05) is 6.92 Å². The smallest absolute Gasteiger partial charge is 0.340 e. The van der Waals surface area contributed by atoms with E-state index in [4.69, 9.17) is 10.5 Å². The molecule has 0 saturated heterocycles. The van der Waals surface area contributed by atoms with E-state index >= 15 is 0 Å². The first-order valence-corrected chi connectivity index (χ1v) is 6.11. The fraction of sp³-hybridized carbons (Fsp3) is 0.455. The van der Waals surface area contributed by atoms with E-state index in [-0.39, 0.29) is 5.97 Å². The number of ether oxygens (including phenoxy) is 1.